The quantitative estimate of drug-likeness (QED) is 0.304. The maximum Gasteiger partial charge on any atom is 0.416 e. The van der Waals surface area contributed by atoms with Crippen molar-refractivity contribution in [1.29, 1.82) is 0 Å². The highest BCUT2D eigenvalue weighted by molar-refractivity contribution is 6.00. The van der Waals surface area contributed by atoms with Gasteiger partial charge in [-0.1, -0.05) is 60.7 Å². The van der Waals surface area contributed by atoms with Gasteiger partial charge in [0.05, 0.1) is 12.2 Å². The lowest BCUT2D eigenvalue weighted by atomic mass is 9.86. The normalized spacial score (nSPS) is 16.3. The molecule has 1 saturated heterocycles. The van der Waals surface area contributed by atoms with Gasteiger partial charge in [0.2, 0.25) is 0 Å². The fraction of sp³-hybridized carbons (Fsp3) is 0.312. The molecular weight excluding hydrogens is 474 g/mol. The molecule has 5 heteroatoms. The average Bonchev–Trinajstić information content (AvgIpc) is 3.04. The SMILES string of the molecule is Cc1cc(C2=C(c3ccc(C=C4CN(CCCF)C4)cc3)c3ccccc3CCC2)cc(C(F)(F)F)c1. The minimum Gasteiger partial charge on any atom is -0.295 e. The lowest BCUT2D eigenvalue weighted by Gasteiger charge is -2.33. The summed E-state index contributed by atoms with van der Waals surface area (Å²) < 4.78 is 53.4. The molecule has 1 fully saturated rings. The van der Waals surface area contributed by atoms with Gasteiger partial charge in [0, 0.05) is 19.6 Å². The van der Waals surface area contributed by atoms with E-state index >= 15 is 0 Å². The van der Waals surface area contributed by atoms with Crippen LogP contribution < -0.4 is 0 Å². The van der Waals surface area contributed by atoms with Gasteiger partial charge in [-0.15, -0.1) is 0 Å². The summed E-state index contributed by atoms with van der Waals surface area (Å²) in [5.74, 6) is 0. The van der Waals surface area contributed by atoms with Crippen LogP contribution in [0.3, 0.4) is 0 Å². The number of nitrogens with zero attached hydrogens (tertiary/aromatic N) is 1. The molecule has 1 aliphatic carbocycles. The van der Waals surface area contributed by atoms with Crippen LogP contribution in [-0.4, -0.2) is 31.2 Å². The van der Waals surface area contributed by atoms with Crippen LogP contribution in [0, 0.1) is 6.92 Å². The van der Waals surface area contributed by atoms with E-state index < -0.39 is 11.7 Å². The summed E-state index contributed by atoms with van der Waals surface area (Å²) in [4.78, 5) is 2.23. The van der Waals surface area contributed by atoms with Crippen molar-refractivity contribution in [3.05, 3.63) is 111 Å². The molecule has 0 unspecified atom stereocenters. The summed E-state index contributed by atoms with van der Waals surface area (Å²) in [6.45, 7) is 3.99. The van der Waals surface area contributed by atoms with Crippen molar-refractivity contribution in [3.63, 3.8) is 0 Å². The third-order valence-electron chi connectivity index (χ3n) is 7.25. The molecule has 192 valence electrons. The first kappa shape index (κ1) is 25.5. The number of allylic oxidation sites excluding steroid dienone is 1. The second kappa shape index (κ2) is 10.7. The van der Waals surface area contributed by atoms with Gasteiger partial charge < -0.3 is 0 Å². The third-order valence-corrected chi connectivity index (χ3v) is 7.25. The summed E-state index contributed by atoms with van der Waals surface area (Å²) in [5.41, 5.74) is 8.40. The summed E-state index contributed by atoms with van der Waals surface area (Å²) >= 11 is 0. The number of aryl methyl sites for hydroxylation is 2. The van der Waals surface area contributed by atoms with Crippen LogP contribution in [0.4, 0.5) is 17.6 Å². The van der Waals surface area contributed by atoms with Gasteiger partial charge in [-0.25, -0.2) is 0 Å². The van der Waals surface area contributed by atoms with E-state index in [1.807, 2.05) is 18.2 Å². The molecule has 0 aromatic heterocycles. The molecule has 1 heterocycles. The lowest BCUT2D eigenvalue weighted by Crippen LogP contribution is -2.40. The average molecular weight is 506 g/mol. The number of halogens is 4. The van der Waals surface area contributed by atoms with E-state index in [1.54, 1.807) is 6.92 Å². The molecule has 0 N–H and O–H groups in total. The highest BCUT2D eigenvalue weighted by atomic mass is 19.4. The molecule has 1 aliphatic heterocycles. The fourth-order valence-corrected chi connectivity index (χ4v) is 5.51. The molecule has 0 atom stereocenters. The van der Waals surface area contributed by atoms with Gasteiger partial charge in [-0.2, -0.15) is 13.2 Å². The van der Waals surface area contributed by atoms with Crippen LogP contribution in [0.1, 0.15) is 58.2 Å². The minimum absolute atomic E-state index is 0.280. The van der Waals surface area contributed by atoms with E-state index in [0.29, 0.717) is 24.0 Å². The Morgan fingerprint density at radius 2 is 1.65 bits per heavy atom. The van der Waals surface area contributed by atoms with Gasteiger partial charge in [0.1, 0.15) is 0 Å². The molecule has 2 aliphatic rings. The zero-order valence-corrected chi connectivity index (χ0v) is 21.0. The maximum atomic E-state index is 13.7. The van der Waals surface area contributed by atoms with Crippen LogP contribution >= 0.6 is 0 Å². The van der Waals surface area contributed by atoms with Crippen molar-refractivity contribution in [1.82, 2.24) is 4.90 Å². The molecule has 3 aromatic carbocycles. The molecule has 0 bridgehead atoms. The third kappa shape index (κ3) is 5.72. The Morgan fingerprint density at radius 1 is 0.892 bits per heavy atom. The summed E-state index contributed by atoms with van der Waals surface area (Å²) in [5, 5.41) is 0. The van der Waals surface area contributed by atoms with Crippen LogP contribution in [0.5, 0.6) is 0 Å². The smallest absolute Gasteiger partial charge is 0.295 e. The van der Waals surface area contributed by atoms with Gasteiger partial charge >= 0.3 is 6.18 Å². The Morgan fingerprint density at radius 3 is 2.38 bits per heavy atom. The van der Waals surface area contributed by atoms with E-state index in [1.165, 1.54) is 23.3 Å². The van der Waals surface area contributed by atoms with Crippen molar-refractivity contribution in [2.75, 3.05) is 26.3 Å². The molecular formula is C32H31F4N. The van der Waals surface area contributed by atoms with Crippen LogP contribution in [-0.2, 0) is 12.6 Å². The van der Waals surface area contributed by atoms with Crippen molar-refractivity contribution < 1.29 is 17.6 Å². The molecule has 3 aromatic rings. The van der Waals surface area contributed by atoms with E-state index in [4.69, 9.17) is 0 Å². The van der Waals surface area contributed by atoms with E-state index in [2.05, 4.69) is 47.4 Å². The maximum absolute atomic E-state index is 13.7. The molecule has 0 spiro atoms. The molecule has 37 heavy (non-hydrogen) atoms. The number of benzene rings is 3. The topological polar surface area (TPSA) is 3.24 Å². The lowest BCUT2D eigenvalue weighted by molar-refractivity contribution is -0.137. The number of fused-ring (bicyclic) bond motifs is 1. The Hall–Kier alpha value is -3.18. The van der Waals surface area contributed by atoms with E-state index in [0.717, 1.165) is 60.3 Å². The first-order valence-corrected chi connectivity index (χ1v) is 12.9. The van der Waals surface area contributed by atoms with Crippen LogP contribution in [0.25, 0.3) is 17.2 Å². The first-order valence-electron chi connectivity index (χ1n) is 12.9. The minimum atomic E-state index is -4.39. The largest absolute Gasteiger partial charge is 0.416 e. The Balaban J connectivity index is 1.55. The molecule has 0 amide bonds. The summed E-state index contributed by atoms with van der Waals surface area (Å²) in [7, 11) is 0. The van der Waals surface area contributed by atoms with Crippen LogP contribution in [0.2, 0.25) is 0 Å². The molecule has 0 saturated carbocycles. The van der Waals surface area contributed by atoms with Crippen molar-refractivity contribution in [2.24, 2.45) is 0 Å². The number of alkyl halides is 4. The monoisotopic (exact) mass is 505 g/mol. The van der Waals surface area contributed by atoms with Crippen molar-refractivity contribution in [2.45, 2.75) is 38.8 Å². The Bertz CT molecular complexity index is 1320. The Kier molecular flexibility index (Phi) is 7.34. The summed E-state index contributed by atoms with van der Waals surface area (Å²) in [6, 6.07) is 21.0. The van der Waals surface area contributed by atoms with Crippen LogP contribution in [0.15, 0.2) is 72.3 Å². The number of rotatable bonds is 6. The molecule has 1 nitrogen and oxygen atoms in total. The predicted molar refractivity (Wildman–Crippen MR) is 143 cm³/mol. The highest BCUT2D eigenvalue weighted by Crippen LogP contribution is 2.41. The first-order chi connectivity index (χ1) is 17.8. The van der Waals surface area contributed by atoms with Gasteiger partial charge in [0.15, 0.2) is 0 Å². The zero-order valence-electron chi connectivity index (χ0n) is 21.0. The fourth-order valence-electron chi connectivity index (χ4n) is 5.51. The predicted octanol–water partition coefficient (Wildman–Crippen LogP) is 8.37. The van der Waals surface area contributed by atoms with E-state index in [9.17, 15) is 17.6 Å². The zero-order chi connectivity index (χ0) is 26.0. The van der Waals surface area contributed by atoms with Crippen molar-refractivity contribution >= 4 is 17.2 Å². The highest BCUT2D eigenvalue weighted by Gasteiger charge is 2.31. The molecule has 5 rings (SSSR count). The van der Waals surface area contributed by atoms with Crippen molar-refractivity contribution in [3.8, 4) is 0 Å². The van der Waals surface area contributed by atoms with E-state index in [-0.39, 0.29) is 6.67 Å². The number of likely N-dealkylation sites (tertiary alicyclic amines) is 1. The standard InChI is InChI=1S/C32H31F4N/c1-22-16-27(19-28(17-22)32(34,35)36)30-9-4-7-25-6-2-3-8-29(25)31(30)26-12-10-23(11-13-26)18-24-20-37(21-24)15-5-14-33/h2-3,6,8,10-13,16-19H,4-5,7,9,14-15,20-21H2,1H3. The number of hydrogen-bond donors (Lipinski definition) is 0. The summed E-state index contributed by atoms with van der Waals surface area (Å²) in [6.07, 6.45) is 0.862. The van der Waals surface area contributed by atoms with Gasteiger partial charge in [-0.3, -0.25) is 9.29 Å². The van der Waals surface area contributed by atoms with Gasteiger partial charge in [0.25, 0.3) is 0 Å². The second-order valence-corrected chi connectivity index (χ2v) is 10.1. The molecule has 0 radical (unpaired) electrons. The Labute approximate surface area is 216 Å². The number of hydrogen-bond acceptors (Lipinski definition) is 1. The second-order valence-electron chi connectivity index (χ2n) is 10.1. The van der Waals surface area contributed by atoms with Gasteiger partial charge in [-0.05, 0) is 94.8 Å².